The minimum Gasteiger partial charge on any atom is -0.392 e. The van der Waals surface area contributed by atoms with Crippen molar-refractivity contribution in [2.45, 2.75) is 58.5 Å². The zero-order valence-corrected chi connectivity index (χ0v) is 15.1. The van der Waals surface area contributed by atoms with E-state index in [1.807, 2.05) is 32.0 Å². The van der Waals surface area contributed by atoms with Crippen molar-refractivity contribution in [1.29, 1.82) is 0 Å². The summed E-state index contributed by atoms with van der Waals surface area (Å²) in [7, 11) is 0. The Morgan fingerprint density at radius 2 is 1.17 bits per heavy atom. The highest BCUT2D eigenvalue weighted by Gasteiger charge is 2.26. The van der Waals surface area contributed by atoms with Crippen LogP contribution in [0.25, 0.3) is 11.1 Å². The number of hydrogen-bond acceptors (Lipinski definition) is 3. The molecule has 0 radical (unpaired) electrons. The Morgan fingerprint density at radius 1 is 0.708 bits per heavy atom. The molecule has 0 aliphatic rings. The van der Waals surface area contributed by atoms with E-state index in [-0.39, 0.29) is 12.1 Å². The van der Waals surface area contributed by atoms with E-state index in [0.717, 1.165) is 0 Å². The van der Waals surface area contributed by atoms with E-state index < -0.39 is 12.2 Å². The van der Waals surface area contributed by atoms with E-state index in [1.165, 1.54) is 16.7 Å². The van der Waals surface area contributed by atoms with Gasteiger partial charge >= 0.3 is 0 Å². The molecule has 4 unspecified atom stereocenters. The second kappa shape index (κ2) is 8.43. The third kappa shape index (κ3) is 4.67. The molecule has 0 saturated carbocycles. The number of rotatable bonds is 7. The Labute approximate surface area is 145 Å². The van der Waals surface area contributed by atoms with E-state index in [1.54, 1.807) is 13.8 Å². The van der Waals surface area contributed by atoms with Crippen LogP contribution in [0, 0.1) is 0 Å². The highest BCUT2D eigenvalue weighted by atomic mass is 16.3. The monoisotopic (exact) mass is 327 g/mol. The SMILES string of the molecule is CC(O)C(C)N(Cc1ccc(-c2ccccc2)cc1)C(C)C(C)O. The molecule has 2 N–H and O–H groups in total. The first kappa shape index (κ1) is 18.7. The molecule has 2 rings (SSSR count). The van der Waals surface area contributed by atoms with Crippen molar-refractivity contribution in [2.24, 2.45) is 0 Å². The van der Waals surface area contributed by atoms with Crippen molar-refractivity contribution in [3.8, 4) is 11.1 Å². The Balaban J connectivity index is 2.17. The number of hydrogen-bond donors (Lipinski definition) is 2. The summed E-state index contributed by atoms with van der Waals surface area (Å²) < 4.78 is 0. The smallest absolute Gasteiger partial charge is 0.0664 e. The fourth-order valence-electron chi connectivity index (χ4n) is 2.86. The normalized spacial score (nSPS) is 16.6. The van der Waals surface area contributed by atoms with Crippen molar-refractivity contribution < 1.29 is 10.2 Å². The van der Waals surface area contributed by atoms with E-state index >= 15 is 0 Å². The van der Waals surface area contributed by atoms with Gasteiger partial charge in [0.2, 0.25) is 0 Å². The van der Waals surface area contributed by atoms with Crippen molar-refractivity contribution in [2.75, 3.05) is 0 Å². The Kier molecular flexibility index (Phi) is 6.55. The summed E-state index contributed by atoms with van der Waals surface area (Å²) in [4.78, 5) is 2.16. The summed E-state index contributed by atoms with van der Waals surface area (Å²) in [5, 5.41) is 19.9. The molecule has 0 saturated heterocycles. The lowest BCUT2D eigenvalue weighted by Gasteiger charge is -2.37. The van der Waals surface area contributed by atoms with E-state index in [2.05, 4.69) is 41.3 Å². The van der Waals surface area contributed by atoms with Crippen LogP contribution >= 0.6 is 0 Å². The highest BCUT2D eigenvalue weighted by Crippen LogP contribution is 2.22. The molecule has 0 aliphatic heterocycles. The molecule has 3 nitrogen and oxygen atoms in total. The molecule has 4 atom stereocenters. The minimum atomic E-state index is -0.449. The fourth-order valence-corrected chi connectivity index (χ4v) is 2.86. The molecule has 0 amide bonds. The van der Waals surface area contributed by atoms with Crippen molar-refractivity contribution in [3.63, 3.8) is 0 Å². The lowest BCUT2D eigenvalue weighted by atomic mass is 10.0. The number of nitrogens with zero attached hydrogens (tertiary/aromatic N) is 1. The summed E-state index contributed by atoms with van der Waals surface area (Å²) in [6.07, 6.45) is -0.899. The third-order valence-corrected chi connectivity index (χ3v) is 4.87. The fraction of sp³-hybridized carbons (Fsp3) is 0.429. The zero-order chi connectivity index (χ0) is 17.7. The molecular formula is C21H29NO2. The first-order valence-corrected chi connectivity index (χ1v) is 8.66. The molecule has 0 heterocycles. The maximum Gasteiger partial charge on any atom is 0.0664 e. The van der Waals surface area contributed by atoms with Gasteiger partial charge in [-0.1, -0.05) is 54.6 Å². The van der Waals surface area contributed by atoms with Crippen molar-refractivity contribution in [3.05, 3.63) is 60.2 Å². The Morgan fingerprint density at radius 3 is 1.62 bits per heavy atom. The molecule has 0 spiro atoms. The first-order valence-electron chi connectivity index (χ1n) is 8.66. The van der Waals surface area contributed by atoms with Gasteiger partial charge in [-0.15, -0.1) is 0 Å². The average Bonchev–Trinajstić information content (AvgIpc) is 2.59. The molecule has 24 heavy (non-hydrogen) atoms. The van der Waals surface area contributed by atoms with Gasteiger partial charge in [0, 0.05) is 18.6 Å². The minimum absolute atomic E-state index is 0.0246. The van der Waals surface area contributed by atoms with Crippen LogP contribution in [0.5, 0.6) is 0 Å². The van der Waals surface area contributed by atoms with Gasteiger partial charge < -0.3 is 10.2 Å². The van der Waals surface area contributed by atoms with Gasteiger partial charge in [0.1, 0.15) is 0 Å². The van der Waals surface area contributed by atoms with Crippen LogP contribution in [0.1, 0.15) is 33.3 Å². The maximum absolute atomic E-state index is 9.97. The lowest BCUT2D eigenvalue weighted by Crippen LogP contribution is -2.48. The van der Waals surface area contributed by atoms with Gasteiger partial charge in [0.15, 0.2) is 0 Å². The largest absolute Gasteiger partial charge is 0.392 e. The number of benzene rings is 2. The molecule has 2 aromatic carbocycles. The molecular weight excluding hydrogens is 298 g/mol. The van der Waals surface area contributed by atoms with Crippen LogP contribution in [-0.4, -0.2) is 39.4 Å². The predicted molar refractivity (Wildman–Crippen MR) is 99.7 cm³/mol. The molecule has 0 aliphatic carbocycles. The second-order valence-electron chi connectivity index (χ2n) is 6.70. The summed E-state index contributed by atoms with van der Waals surface area (Å²) in [5.41, 5.74) is 3.57. The summed E-state index contributed by atoms with van der Waals surface area (Å²) >= 11 is 0. The van der Waals surface area contributed by atoms with Gasteiger partial charge in [-0.05, 0) is 44.4 Å². The van der Waals surface area contributed by atoms with Crippen LogP contribution < -0.4 is 0 Å². The standard InChI is InChI=1S/C21H29NO2/c1-15(17(3)23)22(16(2)18(4)24)14-19-10-12-21(13-11-19)20-8-6-5-7-9-20/h5-13,15-18,23-24H,14H2,1-4H3. The third-order valence-electron chi connectivity index (χ3n) is 4.87. The van der Waals surface area contributed by atoms with Crippen molar-refractivity contribution in [1.82, 2.24) is 4.90 Å². The van der Waals surface area contributed by atoms with E-state index in [0.29, 0.717) is 6.54 Å². The summed E-state index contributed by atoms with van der Waals surface area (Å²) in [6.45, 7) is 8.30. The Hall–Kier alpha value is -1.68. The van der Waals surface area contributed by atoms with Crippen LogP contribution in [0.2, 0.25) is 0 Å². The lowest BCUT2D eigenvalue weighted by molar-refractivity contribution is -0.00228. The van der Waals surface area contributed by atoms with Crippen LogP contribution in [0.15, 0.2) is 54.6 Å². The van der Waals surface area contributed by atoms with Crippen molar-refractivity contribution >= 4 is 0 Å². The topological polar surface area (TPSA) is 43.7 Å². The van der Waals surface area contributed by atoms with Crippen LogP contribution in [-0.2, 0) is 6.54 Å². The van der Waals surface area contributed by atoms with Gasteiger partial charge in [-0.2, -0.15) is 0 Å². The molecule has 2 aromatic rings. The number of aliphatic hydroxyl groups excluding tert-OH is 2. The van der Waals surface area contributed by atoms with E-state index in [9.17, 15) is 10.2 Å². The first-order chi connectivity index (χ1) is 11.4. The van der Waals surface area contributed by atoms with Gasteiger partial charge in [-0.3, -0.25) is 4.90 Å². The van der Waals surface area contributed by atoms with Crippen LogP contribution in [0.3, 0.4) is 0 Å². The quantitative estimate of drug-likeness (QED) is 0.815. The molecule has 130 valence electrons. The summed E-state index contributed by atoms with van der Waals surface area (Å²) in [5.74, 6) is 0. The second-order valence-corrected chi connectivity index (χ2v) is 6.70. The predicted octanol–water partition coefficient (Wildman–Crippen LogP) is 3.69. The maximum atomic E-state index is 9.97. The van der Waals surface area contributed by atoms with Gasteiger partial charge in [0.05, 0.1) is 12.2 Å². The average molecular weight is 327 g/mol. The zero-order valence-electron chi connectivity index (χ0n) is 15.1. The molecule has 0 fully saturated rings. The Bertz CT molecular complexity index is 593. The molecule has 0 aromatic heterocycles. The highest BCUT2D eigenvalue weighted by molar-refractivity contribution is 5.63. The van der Waals surface area contributed by atoms with Gasteiger partial charge in [-0.25, -0.2) is 0 Å². The molecule has 3 heteroatoms. The molecule has 0 bridgehead atoms. The van der Waals surface area contributed by atoms with Gasteiger partial charge in [0.25, 0.3) is 0 Å². The van der Waals surface area contributed by atoms with Crippen LogP contribution in [0.4, 0.5) is 0 Å². The number of aliphatic hydroxyl groups is 2. The summed E-state index contributed by atoms with van der Waals surface area (Å²) in [6, 6.07) is 18.8. The van der Waals surface area contributed by atoms with E-state index in [4.69, 9.17) is 0 Å².